The normalized spacial score (nSPS) is 22.5. The number of piperidine rings is 1. The summed E-state index contributed by atoms with van der Waals surface area (Å²) in [7, 11) is 0. The number of carbonyl (C=O) groups is 4. The van der Waals surface area contributed by atoms with E-state index in [0.29, 0.717) is 12.0 Å². The van der Waals surface area contributed by atoms with Crippen molar-refractivity contribution in [2.24, 2.45) is 5.92 Å². The van der Waals surface area contributed by atoms with Gasteiger partial charge in [-0.05, 0) is 74.8 Å². The van der Waals surface area contributed by atoms with Gasteiger partial charge in [-0.25, -0.2) is 0 Å². The molecular formula is C29H30N6O4. The Bertz CT molecular complexity index is 1470. The summed E-state index contributed by atoms with van der Waals surface area (Å²) in [4.78, 5) is 55.0. The minimum atomic E-state index is -0.953. The van der Waals surface area contributed by atoms with E-state index in [1.807, 2.05) is 18.5 Å². The number of aromatic nitrogens is 3. The average molecular weight is 527 g/mol. The predicted octanol–water partition coefficient (Wildman–Crippen LogP) is 3.50. The number of aryl methyl sites for hydroxylation is 1. The summed E-state index contributed by atoms with van der Waals surface area (Å²) in [5, 5.41) is 10.2. The molecule has 4 heterocycles. The minimum Gasteiger partial charge on any atom is -0.385 e. The van der Waals surface area contributed by atoms with Crippen LogP contribution in [0.4, 0.5) is 5.69 Å². The van der Waals surface area contributed by atoms with Crippen LogP contribution in [0, 0.1) is 12.8 Å². The molecule has 2 aromatic heterocycles. The number of hydrogen-bond donors (Lipinski definition) is 2. The van der Waals surface area contributed by atoms with Crippen molar-refractivity contribution in [3.8, 4) is 11.3 Å². The fourth-order valence-electron chi connectivity index (χ4n) is 5.80. The maximum absolute atomic E-state index is 13.0. The zero-order valence-electron chi connectivity index (χ0n) is 21.7. The molecule has 1 atom stereocenters. The Morgan fingerprint density at radius 2 is 1.90 bits per heavy atom. The number of fused-ring (bicyclic) bond motifs is 1. The first-order chi connectivity index (χ1) is 18.9. The quantitative estimate of drug-likeness (QED) is 0.340. The van der Waals surface area contributed by atoms with Crippen molar-refractivity contribution < 1.29 is 19.2 Å². The third kappa shape index (κ3) is 4.71. The van der Waals surface area contributed by atoms with Gasteiger partial charge in [-0.2, -0.15) is 5.10 Å². The topological polar surface area (TPSA) is 126 Å². The number of nitrogens with one attached hydrogen (secondary N) is 2. The van der Waals surface area contributed by atoms with Crippen molar-refractivity contribution in [3.63, 3.8) is 0 Å². The largest absolute Gasteiger partial charge is 0.385 e. The Balaban J connectivity index is 0.978. The molecule has 10 nitrogen and oxygen atoms in total. The van der Waals surface area contributed by atoms with Gasteiger partial charge in [0.15, 0.2) is 0 Å². The molecule has 4 amide bonds. The van der Waals surface area contributed by atoms with Crippen LogP contribution in [-0.4, -0.2) is 55.9 Å². The van der Waals surface area contributed by atoms with Gasteiger partial charge in [-0.3, -0.25) is 39.1 Å². The number of carbonyl (C=O) groups excluding carboxylic acids is 4. The molecule has 2 N–H and O–H groups in total. The summed E-state index contributed by atoms with van der Waals surface area (Å²) in [6.45, 7) is 2.81. The summed E-state index contributed by atoms with van der Waals surface area (Å²) in [5.41, 5.74) is 4.51. The molecule has 2 aliphatic heterocycles. The van der Waals surface area contributed by atoms with Crippen LogP contribution in [0.1, 0.15) is 70.8 Å². The van der Waals surface area contributed by atoms with Gasteiger partial charge in [-0.1, -0.05) is 6.07 Å². The SMILES string of the molecule is Cc1cccnc1-c1cnn(C2CC(CCCNc3ccc4c(c3)C(=O)N(C3CCC(=O)NC3=O)C4=O)C2)c1. The van der Waals surface area contributed by atoms with Gasteiger partial charge in [0.2, 0.25) is 11.8 Å². The van der Waals surface area contributed by atoms with Crippen molar-refractivity contribution in [2.45, 2.75) is 57.5 Å². The van der Waals surface area contributed by atoms with Gasteiger partial charge in [-0.15, -0.1) is 0 Å². The lowest BCUT2D eigenvalue weighted by Crippen LogP contribution is -2.54. The van der Waals surface area contributed by atoms with Crippen LogP contribution in [0.3, 0.4) is 0 Å². The Morgan fingerprint density at radius 1 is 1.08 bits per heavy atom. The number of hydrogen-bond acceptors (Lipinski definition) is 7. The number of anilines is 1. The van der Waals surface area contributed by atoms with E-state index >= 15 is 0 Å². The molecule has 0 radical (unpaired) electrons. The summed E-state index contributed by atoms with van der Waals surface area (Å²) >= 11 is 0. The van der Waals surface area contributed by atoms with Crippen molar-refractivity contribution >= 4 is 29.3 Å². The molecule has 39 heavy (non-hydrogen) atoms. The lowest BCUT2D eigenvalue weighted by molar-refractivity contribution is -0.136. The zero-order valence-corrected chi connectivity index (χ0v) is 21.7. The Labute approximate surface area is 225 Å². The van der Waals surface area contributed by atoms with Crippen molar-refractivity contribution in [3.05, 3.63) is 65.6 Å². The number of pyridine rings is 1. The molecule has 0 bridgehead atoms. The molecule has 1 aliphatic carbocycles. The van der Waals surface area contributed by atoms with E-state index in [2.05, 4.69) is 44.6 Å². The lowest BCUT2D eigenvalue weighted by Gasteiger charge is -2.35. The van der Waals surface area contributed by atoms with Gasteiger partial charge < -0.3 is 5.32 Å². The average Bonchev–Trinajstić information content (AvgIpc) is 3.46. The minimum absolute atomic E-state index is 0.103. The first-order valence-corrected chi connectivity index (χ1v) is 13.4. The molecule has 1 aromatic carbocycles. The molecule has 3 aromatic rings. The highest BCUT2D eigenvalue weighted by atomic mass is 16.2. The van der Waals surface area contributed by atoms with E-state index in [1.165, 1.54) is 0 Å². The second-order valence-electron chi connectivity index (χ2n) is 10.6. The van der Waals surface area contributed by atoms with E-state index in [0.717, 1.165) is 59.6 Å². The molecule has 1 saturated carbocycles. The molecular weight excluding hydrogens is 496 g/mol. The molecule has 0 spiro atoms. The molecule has 1 unspecified atom stereocenters. The van der Waals surface area contributed by atoms with Crippen LogP contribution in [0.2, 0.25) is 0 Å². The van der Waals surface area contributed by atoms with Crippen molar-refractivity contribution in [1.82, 2.24) is 25.0 Å². The van der Waals surface area contributed by atoms with Crippen molar-refractivity contribution in [1.29, 1.82) is 0 Å². The van der Waals surface area contributed by atoms with Gasteiger partial charge in [0.25, 0.3) is 11.8 Å². The van der Waals surface area contributed by atoms with Crippen LogP contribution in [0.15, 0.2) is 48.9 Å². The molecule has 3 aliphatic rings. The van der Waals surface area contributed by atoms with E-state index in [1.54, 1.807) is 18.2 Å². The Morgan fingerprint density at radius 3 is 2.69 bits per heavy atom. The third-order valence-corrected chi connectivity index (χ3v) is 8.03. The maximum Gasteiger partial charge on any atom is 0.262 e. The third-order valence-electron chi connectivity index (χ3n) is 8.03. The fourth-order valence-corrected chi connectivity index (χ4v) is 5.80. The van der Waals surface area contributed by atoms with Crippen molar-refractivity contribution in [2.75, 3.05) is 11.9 Å². The first kappa shape index (κ1) is 25.0. The highest BCUT2D eigenvalue weighted by Crippen LogP contribution is 2.40. The number of rotatable bonds is 8. The number of amides is 4. The smallest absolute Gasteiger partial charge is 0.262 e. The highest BCUT2D eigenvalue weighted by Gasteiger charge is 2.44. The molecule has 2 fully saturated rings. The lowest BCUT2D eigenvalue weighted by atomic mass is 9.77. The van der Waals surface area contributed by atoms with Gasteiger partial charge in [0.05, 0.1) is 29.1 Å². The summed E-state index contributed by atoms with van der Waals surface area (Å²) in [6, 6.07) is 8.57. The number of benzene rings is 1. The van der Waals surface area contributed by atoms with E-state index in [4.69, 9.17) is 0 Å². The van der Waals surface area contributed by atoms with Gasteiger partial charge in [0.1, 0.15) is 6.04 Å². The van der Waals surface area contributed by atoms with Crippen LogP contribution in [-0.2, 0) is 9.59 Å². The van der Waals surface area contributed by atoms with Crippen LogP contribution in [0.25, 0.3) is 11.3 Å². The second kappa shape index (κ2) is 10.1. The van der Waals surface area contributed by atoms with E-state index < -0.39 is 23.8 Å². The van der Waals surface area contributed by atoms with E-state index in [-0.39, 0.29) is 29.9 Å². The molecule has 1 saturated heterocycles. The van der Waals surface area contributed by atoms with E-state index in [9.17, 15) is 19.2 Å². The maximum atomic E-state index is 13.0. The van der Waals surface area contributed by atoms with Crippen LogP contribution < -0.4 is 10.6 Å². The monoisotopic (exact) mass is 526 g/mol. The summed E-state index contributed by atoms with van der Waals surface area (Å²) in [5.74, 6) is -1.32. The Kier molecular flexibility index (Phi) is 6.46. The highest BCUT2D eigenvalue weighted by molar-refractivity contribution is 6.23. The van der Waals surface area contributed by atoms with Gasteiger partial charge >= 0.3 is 0 Å². The Hall–Kier alpha value is -4.34. The predicted molar refractivity (Wildman–Crippen MR) is 143 cm³/mol. The second-order valence-corrected chi connectivity index (χ2v) is 10.6. The fraction of sp³-hybridized carbons (Fsp3) is 0.379. The van der Waals surface area contributed by atoms with Crippen LogP contribution >= 0.6 is 0 Å². The van der Waals surface area contributed by atoms with Crippen LogP contribution in [0.5, 0.6) is 0 Å². The first-order valence-electron chi connectivity index (χ1n) is 13.4. The number of imide groups is 2. The molecule has 200 valence electrons. The molecule has 10 heteroatoms. The summed E-state index contributed by atoms with van der Waals surface area (Å²) in [6.07, 6.45) is 10.3. The molecule has 6 rings (SSSR count). The standard InChI is InChI=1S/C29H30N6O4/c1-17-4-2-11-31-26(17)19-15-32-34(16-19)21-12-18(13-21)5-3-10-30-20-6-7-22-23(14-20)29(39)35(28(22)38)24-8-9-25(36)33-27(24)37/h2,4,6-7,11,14-16,18,21,24,30H,3,5,8-10,12-13H2,1H3,(H,33,36,37). The summed E-state index contributed by atoms with van der Waals surface area (Å²) < 4.78 is 2.07. The van der Waals surface area contributed by atoms with Gasteiger partial charge in [0, 0.05) is 36.6 Å². The number of nitrogens with zero attached hydrogens (tertiary/aromatic N) is 4. The zero-order chi connectivity index (χ0) is 27.1.